The minimum atomic E-state index is -0.270. The molecule has 0 aliphatic carbocycles. The van der Waals surface area contributed by atoms with Gasteiger partial charge >= 0.3 is 0 Å². The molecular weight excluding hydrogens is 397 g/mol. The van der Waals surface area contributed by atoms with E-state index in [-0.39, 0.29) is 23.6 Å². The molecular formula is C24H30FN3O3. The van der Waals surface area contributed by atoms with Crippen LogP contribution in [0.1, 0.15) is 38.2 Å². The van der Waals surface area contributed by atoms with Crippen molar-refractivity contribution < 1.29 is 18.7 Å². The lowest BCUT2D eigenvalue weighted by Gasteiger charge is -2.29. The molecule has 4 rings (SSSR count). The summed E-state index contributed by atoms with van der Waals surface area (Å²) in [6, 6.07) is 9.70. The Balaban J connectivity index is 1.38. The van der Waals surface area contributed by atoms with Crippen LogP contribution in [0.4, 0.5) is 15.9 Å². The van der Waals surface area contributed by atoms with Gasteiger partial charge in [0.2, 0.25) is 0 Å². The molecule has 2 aliphatic rings. The van der Waals surface area contributed by atoms with E-state index in [1.165, 1.54) is 0 Å². The van der Waals surface area contributed by atoms with Crippen molar-refractivity contribution in [2.24, 2.45) is 0 Å². The summed E-state index contributed by atoms with van der Waals surface area (Å²) >= 11 is 0. The number of anilines is 2. The summed E-state index contributed by atoms with van der Waals surface area (Å²) in [5, 5.41) is 0. The highest BCUT2D eigenvalue weighted by atomic mass is 19.1. The Kier molecular flexibility index (Phi) is 6.70. The van der Waals surface area contributed by atoms with Crippen LogP contribution in [0.15, 0.2) is 36.5 Å². The lowest BCUT2D eigenvalue weighted by Crippen LogP contribution is -2.37. The van der Waals surface area contributed by atoms with E-state index >= 15 is 4.39 Å². The first-order valence-corrected chi connectivity index (χ1v) is 11.0. The van der Waals surface area contributed by atoms with Gasteiger partial charge in [0.15, 0.2) is 11.6 Å². The molecule has 2 aliphatic heterocycles. The average Bonchev–Trinajstić information content (AvgIpc) is 3.22. The maximum Gasteiger partial charge on any atom is 0.188 e. The molecule has 2 saturated heterocycles. The van der Waals surface area contributed by atoms with Gasteiger partial charge in [-0.25, -0.2) is 9.37 Å². The maximum atomic E-state index is 15.2. The standard InChI is InChI=1S/C24H30FN3O3/c1-17(15-18(2)29)19-3-5-20(6-4-19)31-21-8-10-28(16-21)22-7-9-26-24(23(22)25)27-11-13-30-14-12-27/h3-7,9,17,21H,8,10-16H2,1-2H3/t17-,21-/m1/s1. The monoisotopic (exact) mass is 427 g/mol. The summed E-state index contributed by atoms with van der Waals surface area (Å²) in [5.41, 5.74) is 1.71. The number of carbonyl (C=O) groups excluding carboxylic acids is 1. The van der Waals surface area contributed by atoms with E-state index in [9.17, 15) is 4.79 Å². The number of ketones is 1. The number of Topliss-reactive ketones (excluding diaryl/α,β-unsaturated/α-hetero) is 1. The minimum Gasteiger partial charge on any atom is -0.489 e. The molecule has 2 fully saturated rings. The highest BCUT2D eigenvalue weighted by molar-refractivity contribution is 5.76. The first-order valence-electron chi connectivity index (χ1n) is 11.0. The molecule has 1 aromatic heterocycles. The van der Waals surface area contributed by atoms with E-state index < -0.39 is 0 Å². The van der Waals surface area contributed by atoms with Crippen LogP contribution in [0.25, 0.3) is 0 Å². The maximum absolute atomic E-state index is 15.2. The number of aromatic nitrogens is 1. The van der Waals surface area contributed by atoms with Crippen LogP contribution in [0.3, 0.4) is 0 Å². The largest absolute Gasteiger partial charge is 0.489 e. The third-order valence-corrected chi connectivity index (χ3v) is 5.99. The number of nitrogens with zero attached hydrogens (tertiary/aromatic N) is 3. The van der Waals surface area contributed by atoms with Gasteiger partial charge in [0, 0.05) is 38.7 Å². The van der Waals surface area contributed by atoms with Crippen LogP contribution in [0.5, 0.6) is 5.75 Å². The normalized spacial score (nSPS) is 20.0. The number of rotatable bonds is 7. The van der Waals surface area contributed by atoms with Crippen molar-refractivity contribution in [3.05, 3.63) is 47.9 Å². The van der Waals surface area contributed by atoms with Gasteiger partial charge in [-0.05, 0) is 36.6 Å². The quantitative estimate of drug-likeness (QED) is 0.670. The Hall–Kier alpha value is -2.67. The first-order chi connectivity index (χ1) is 15.0. The van der Waals surface area contributed by atoms with Crippen LogP contribution in [-0.2, 0) is 9.53 Å². The second kappa shape index (κ2) is 9.64. The number of hydrogen-bond acceptors (Lipinski definition) is 6. The molecule has 0 saturated carbocycles. The van der Waals surface area contributed by atoms with Gasteiger partial charge < -0.3 is 24.1 Å². The van der Waals surface area contributed by atoms with E-state index in [1.807, 2.05) is 34.1 Å². The Bertz CT molecular complexity index is 899. The second-order valence-corrected chi connectivity index (χ2v) is 8.42. The van der Waals surface area contributed by atoms with E-state index in [0.717, 1.165) is 24.3 Å². The topological polar surface area (TPSA) is 54.9 Å². The minimum absolute atomic E-state index is 0.0000972. The van der Waals surface area contributed by atoms with Gasteiger partial charge in [-0.1, -0.05) is 19.1 Å². The summed E-state index contributed by atoms with van der Waals surface area (Å²) in [7, 11) is 0. The number of hydrogen-bond donors (Lipinski definition) is 0. The van der Waals surface area contributed by atoms with Gasteiger partial charge in [-0.2, -0.15) is 0 Å². The number of morpholine rings is 1. The third kappa shape index (κ3) is 5.15. The molecule has 0 unspecified atom stereocenters. The van der Waals surface area contributed by atoms with Crippen molar-refractivity contribution in [3.63, 3.8) is 0 Å². The molecule has 1 aromatic carbocycles. The van der Waals surface area contributed by atoms with Crippen molar-refractivity contribution in [2.45, 2.75) is 38.7 Å². The van der Waals surface area contributed by atoms with Crippen molar-refractivity contribution in [1.29, 1.82) is 0 Å². The average molecular weight is 428 g/mol. The van der Waals surface area contributed by atoms with Crippen LogP contribution in [-0.4, -0.2) is 56.3 Å². The van der Waals surface area contributed by atoms with Crippen molar-refractivity contribution >= 4 is 17.3 Å². The van der Waals surface area contributed by atoms with E-state index in [4.69, 9.17) is 9.47 Å². The predicted octanol–water partition coefficient (Wildman–Crippen LogP) is 3.80. The Labute approximate surface area is 183 Å². The first kappa shape index (κ1) is 21.6. The summed E-state index contributed by atoms with van der Waals surface area (Å²) in [5.74, 6) is 1.33. The van der Waals surface area contributed by atoms with Crippen LogP contribution in [0, 0.1) is 5.82 Å². The molecule has 0 N–H and O–H groups in total. The Morgan fingerprint density at radius 1 is 1.19 bits per heavy atom. The van der Waals surface area contributed by atoms with Crippen LogP contribution in [0.2, 0.25) is 0 Å². The molecule has 2 aromatic rings. The van der Waals surface area contributed by atoms with Crippen molar-refractivity contribution in [1.82, 2.24) is 4.98 Å². The summed E-state index contributed by atoms with van der Waals surface area (Å²) < 4.78 is 26.7. The molecule has 6 nitrogen and oxygen atoms in total. The van der Waals surface area contributed by atoms with E-state index in [0.29, 0.717) is 50.8 Å². The van der Waals surface area contributed by atoms with Crippen LogP contribution >= 0.6 is 0 Å². The zero-order valence-corrected chi connectivity index (χ0v) is 18.2. The Morgan fingerprint density at radius 3 is 2.65 bits per heavy atom. The molecule has 0 radical (unpaired) electrons. The van der Waals surface area contributed by atoms with Gasteiger partial charge in [-0.15, -0.1) is 0 Å². The number of benzene rings is 1. The van der Waals surface area contributed by atoms with Crippen molar-refractivity contribution in [2.75, 3.05) is 49.2 Å². The summed E-state index contributed by atoms with van der Waals surface area (Å²) in [4.78, 5) is 19.6. The number of ether oxygens (including phenoxy) is 2. The lowest BCUT2D eigenvalue weighted by molar-refractivity contribution is -0.117. The fourth-order valence-corrected chi connectivity index (χ4v) is 4.32. The molecule has 7 heteroatoms. The highest BCUT2D eigenvalue weighted by Gasteiger charge is 2.28. The SMILES string of the molecule is CC(=O)C[C@@H](C)c1ccc(O[C@@H]2CCN(c3ccnc(N4CCOCC4)c3F)C2)cc1. The fourth-order valence-electron chi connectivity index (χ4n) is 4.32. The fraction of sp³-hybridized carbons (Fsp3) is 0.500. The zero-order valence-electron chi connectivity index (χ0n) is 18.2. The van der Waals surface area contributed by atoms with Gasteiger partial charge in [0.25, 0.3) is 0 Å². The number of halogens is 1. The molecule has 0 spiro atoms. The third-order valence-electron chi connectivity index (χ3n) is 5.99. The second-order valence-electron chi connectivity index (χ2n) is 8.42. The molecule has 2 atom stereocenters. The van der Waals surface area contributed by atoms with Gasteiger partial charge in [0.05, 0.1) is 25.4 Å². The summed E-state index contributed by atoms with van der Waals surface area (Å²) in [6.07, 6.45) is 3.05. The van der Waals surface area contributed by atoms with Gasteiger partial charge in [-0.3, -0.25) is 0 Å². The van der Waals surface area contributed by atoms with Crippen LogP contribution < -0.4 is 14.5 Å². The zero-order chi connectivity index (χ0) is 21.8. The van der Waals surface area contributed by atoms with Crippen molar-refractivity contribution in [3.8, 4) is 5.75 Å². The molecule has 31 heavy (non-hydrogen) atoms. The Morgan fingerprint density at radius 2 is 1.94 bits per heavy atom. The smallest absolute Gasteiger partial charge is 0.188 e. The molecule has 3 heterocycles. The highest BCUT2D eigenvalue weighted by Crippen LogP contribution is 2.31. The van der Waals surface area contributed by atoms with Gasteiger partial charge in [0.1, 0.15) is 17.6 Å². The number of carbonyl (C=O) groups is 1. The molecule has 166 valence electrons. The van der Waals surface area contributed by atoms with E-state index in [2.05, 4.69) is 11.9 Å². The van der Waals surface area contributed by atoms with E-state index in [1.54, 1.807) is 19.2 Å². The summed E-state index contributed by atoms with van der Waals surface area (Å²) in [6.45, 7) is 7.54. The number of pyridine rings is 1. The molecule has 0 amide bonds. The predicted molar refractivity (Wildman–Crippen MR) is 119 cm³/mol. The lowest BCUT2D eigenvalue weighted by atomic mass is 9.96. The molecule has 0 bridgehead atoms.